The molecule has 0 aromatic carbocycles. The van der Waals surface area contributed by atoms with Crippen LogP contribution < -0.4 is 0 Å². The maximum atomic E-state index is 11.4. The third-order valence-electron chi connectivity index (χ3n) is 2.69. The highest BCUT2D eigenvalue weighted by Crippen LogP contribution is 2.03. The lowest BCUT2D eigenvalue weighted by molar-refractivity contribution is 0.0509. The summed E-state index contributed by atoms with van der Waals surface area (Å²) in [5, 5.41) is 8.55. The van der Waals surface area contributed by atoms with Gasteiger partial charge in [0.25, 0.3) is 0 Å². The van der Waals surface area contributed by atoms with E-state index in [0.717, 1.165) is 19.6 Å². The first kappa shape index (κ1) is 14.2. The Hall–Kier alpha value is -0.850. The number of hydrogen-bond acceptors (Lipinski definition) is 5. The van der Waals surface area contributed by atoms with Crippen LogP contribution in [0.25, 0.3) is 0 Å². The van der Waals surface area contributed by atoms with E-state index in [4.69, 9.17) is 14.6 Å². The maximum Gasteiger partial charge on any atom is 0.409 e. The van der Waals surface area contributed by atoms with Gasteiger partial charge in [0.15, 0.2) is 0 Å². The second-order valence-electron chi connectivity index (χ2n) is 3.86. The molecule has 1 N–H and O–H groups in total. The lowest BCUT2D eigenvalue weighted by Crippen LogP contribution is -2.49. The largest absolute Gasteiger partial charge is 0.450 e. The summed E-state index contributed by atoms with van der Waals surface area (Å²) in [7, 11) is 0. The molecule has 0 atom stereocenters. The summed E-state index contributed by atoms with van der Waals surface area (Å²) in [4.78, 5) is 15.4. The SMILES string of the molecule is CCOC(=O)N1CCN(CCOCCO)CC1. The highest BCUT2D eigenvalue weighted by atomic mass is 16.6. The molecule has 6 nitrogen and oxygen atoms in total. The predicted octanol–water partition coefficient (Wildman–Crippen LogP) is -0.231. The number of amides is 1. The van der Waals surface area contributed by atoms with E-state index < -0.39 is 0 Å². The fraction of sp³-hybridized carbons (Fsp3) is 0.909. The Balaban J connectivity index is 2.11. The summed E-state index contributed by atoms with van der Waals surface area (Å²) in [6.07, 6.45) is -0.219. The molecule has 0 aliphatic carbocycles. The van der Waals surface area contributed by atoms with Crippen molar-refractivity contribution in [3.05, 3.63) is 0 Å². The molecular weight excluding hydrogens is 224 g/mol. The number of aliphatic hydroxyl groups excluding tert-OH is 1. The first-order valence-corrected chi connectivity index (χ1v) is 6.10. The summed E-state index contributed by atoms with van der Waals surface area (Å²) in [6, 6.07) is 0. The Morgan fingerprint density at radius 3 is 2.53 bits per heavy atom. The van der Waals surface area contributed by atoms with E-state index in [9.17, 15) is 4.79 Å². The molecule has 0 radical (unpaired) electrons. The smallest absolute Gasteiger partial charge is 0.409 e. The quantitative estimate of drug-likeness (QED) is 0.656. The Morgan fingerprint density at radius 2 is 1.94 bits per heavy atom. The zero-order chi connectivity index (χ0) is 12.5. The molecule has 100 valence electrons. The van der Waals surface area contributed by atoms with Crippen molar-refractivity contribution < 1.29 is 19.4 Å². The third kappa shape index (κ3) is 5.34. The molecule has 0 unspecified atom stereocenters. The van der Waals surface area contributed by atoms with Gasteiger partial charge in [-0.2, -0.15) is 0 Å². The molecule has 1 fully saturated rings. The number of rotatable bonds is 6. The lowest BCUT2D eigenvalue weighted by atomic mass is 10.3. The Kier molecular flexibility index (Phi) is 6.91. The third-order valence-corrected chi connectivity index (χ3v) is 2.69. The van der Waals surface area contributed by atoms with Crippen LogP contribution in [-0.4, -0.2) is 80.2 Å². The van der Waals surface area contributed by atoms with Gasteiger partial charge in [0.2, 0.25) is 0 Å². The molecular formula is C11H22N2O4. The molecule has 1 rings (SSSR count). The number of carbonyl (C=O) groups is 1. The molecule has 0 aromatic heterocycles. The zero-order valence-electron chi connectivity index (χ0n) is 10.4. The first-order valence-electron chi connectivity index (χ1n) is 6.10. The van der Waals surface area contributed by atoms with Crippen LogP contribution >= 0.6 is 0 Å². The van der Waals surface area contributed by atoms with Gasteiger partial charge in [-0.05, 0) is 6.92 Å². The summed E-state index contributed by atoms with van der Waals surface area (Å²) in [5.74, 6) is 0. The standard InChI is InChI=1S/C11H22N2O4/c1-2-17-11(15)13-5-3-12(4-6-13)7-9-16-10-8-14/h14H,2-10H2,1H3. The van der Waals surface area contributed by atoms with Crippen LogP contribution in [0.15, 0.2) is 0 Å². The second kappa shape index (κ2) is 8.27. The van der Waals surface area contributed by atoms with Crippen LogP contribution in [0.3, 0.4) is 0 Å². The van der Waals surface area contributed by atoms with Gasteiger partial charge in [0.1, 0.15) is 0 Å². The summed E-state index contributed by atoms with van der Waals surface area (Å²) < 4.78 is 10.1. The van der Waals surface area contributed by atoms with E-state index in [1.807, 2.05) is 6.92 Å². The average Bonchev–Trinajstić information content (AvgIpc) is 2.36. The molecule has 17 heavy (non-hydrogen) atoms. The molecule has 0 bridgehead atoms. The van der Waals surface area contributed by atoms with Gasteiger partial charge in [-0.1, -0.05) is 0 Å². The van der Waals surface area contributed by atoms with Crippen molar-refractivity contribution in [1.82, 2.24) is 9.80 Å². The van der Waals surface area contributed by atoms with E-state index in [1.165, 1.54) is 0 Å². The lowest BCUT2D eigenvalue weighted by Gasteiger charge is -2.33. The summed E-state index contributed by atoms with van der Waals surface area (Å²) in [6.45, 7) is 7.27. The van der Waals surface area contributed by atoms with E-state index in [-0.39, 0.29) is 12.7 Å². The van der Waals surface area contributed by atoms with Crippen LogP contribution in [0.4, 0.5) is 4.79 Å². The van der Waals surface area contributed by atoms with E-state index in [0.29, 0.717) is 32.9 Å². The van der Waals surface area contributed by atoms with Crippen molar-refractivity contribution in [2.75, 3.05) is 59.2 Å². The molecule has 0 aromatic rings. The fourth-order valence-electron chi connectivity index (χ4n) is 1.73. The molecule has 1 saturated heterocycles. The normalized spacial score (nSPS) is 17.2. The minimum atomic E-state index is -0.219. The van der Waals surface area contributed by atoms with Gasteiger partial charge in [-0.3, -0.25) is 4.90 Å². The Morgan fingerprint density at radius 1 is 1.24 bits per heavy atom. The monoisotopic (exact) mass is 246 g/mol. The molecule has 0 saturated carbocycles. The molecule has 1 aliphatic rings. The van der Waals surface area contributed by atoms with Crippen LogP contribution in [0, 0.1) is 0 Å². The van der Waals surface area contributed by atoms with Gasteiger partial charge in [-0.15, -0.1) is 0 Å². The number of nitrogens with zero attached hydrogens (tertiary/aromatic N) is 2. The topological polar surface area (TPSA) is 62.2 Å². The fourth-order valence-corrected chi connectivity index (χ4v) is 1.73. The van der Waals surface area contributed by atoms with Crippen molar-refractivity contribution in [2.45, 2.75) is 6.92 Å². The van der Waals surface area contributed by atoms with Crippen molar-refractivity contribution >= 4 is 6.09 Å². The first-order chi connectivity index (χ1) is 8.27. The van der Waals surface area contributed by atoms with Crippen molar-refractivity contribution in [1.29, 1.82) is 0 Å². The van der Waals surface area contributed by atoms with Gasteiger partial charge in [0.05, 0.1) is 26.4 Å². The zero-order valence-corrected chi connectivity index (χ0v) is 10.4. The summed E-state index contributed by atoms with van der Waals surface area (Å²) in [5.41, 5.74) is 0. The van der Waals surface area contributed by atoms with Crippen molar-refractivity contribution in [3.63, 3.8) is 0 Å². The van der Waals surface area contributed by atoms with Gasteiger partial charge >= 0.3 is 6.09 Å². The molecule has 1 amide bonds. The Labute approximate surface area is 102 Å². The van der Waals surface area contributed by atoms with E-state index in [1.54, 1.807) is 4.90 Å². The molecule has 1 heterocycles. The predicted molar refractivity (Wildman–Crippen MR) is 62.9 cm³/mol. The minimum Gasteiger partial charge on any atom is -0.450 e. The van der Waals surface area contributed by atoms with Gasteiger partial charge < -0.3 is 19.5 Å². The Bertz CT molecular complexity index is 218. The number of carbonyl (C=O) groups excluding carboxylic acids is 1. The van der Waals surface area contributed by atoms with Crippen LogP contribution in [0.1, 0.15) is 6.92 Å². The molecule has 1 aliphatic heterocycles. The van der Waals surface area contributed by atoms with Crippen molar-refractivity contribution in [3.8, 4) is 0 Å². The van der Waals surface area contributed by atoms with Crippen LogP contribution in [0.5, 0.6) is 0 Å². The number of piperazine rings is 1. The maximum absolute atomic E-state index is 11.4. The van der Waals surface area contributed by atoms with Gasteiger partial charge in [0, 0.05) is 32.7 Å². The van der Waals surface area contributed by atoms with E-state index >= 15 is 0 Å². The number of hydrogen-bond donors (Lipinski definition) is 1. The molecule has 6 heteroatoms. The summed E-state index contributed by atoms with van der Waals surface area (Å²) >= 11 is 0. The van der Waals surface area contributed by atoms with Crippen LogP contribution in [0.2, 0.25) is 0 Å². The van der Waals surface area contributed by atoms with Gasteiger partial charge in [-0.25, -0.2) is 4.79 Å². The second-order valence-corrected chi connectivity index (χ2v) is 3.86. The number of aliphatic hydroxyl groups is 1. The van der Waals surface area contributed by atoms with Crippen LogP contribution in [-0.2, 0) is 9.47 Å². The molecule has 0 spiro atoms. The highest BCUT2D eigenvalue weighted by molar-refractivity contribution is 5.67. The number of ether oxygens (including phenoxy) is 2. The van der Waals surface area contributed by atoms with E-state index in [2.05, 4.69) is 4.90 Å². The highest BCUT2D eigenvalue weighted by Gasteiger charge is 2.21. The van der Waals surface area contributed by atoms with Crippen molar-refractivity contribution in [2.24, 2.45) is 0 Å². The minimum absolute atomic E-state index is 0.0661. The average molecular weight is 246 g/mol.